The highest BCUT2D eigenvalue weighted by Gasteiger charge is 2.22. The van der Waals surface area contributed by atoms with Crippen molar-refractivity contribution >= 4 is 17.7 Å². The molecule has 5 nitrogen and oxygen atoms in total. The third-order valence-electron chi connectivity index (χ3n) is 5.34. The standard InChI is InChI=1S/C22H27N3O2S/c26-22(18-6-10-23-21(14-18)27-20-9-13-28-16-20)24-19-7-11-25(12-8-19)15-17-4-2-1-3-5-17/h1-6,10,14,19-20H,7-9,11-13,15-16H2,(H,24,26)/t20-/m1/s1. The molecule has 28 heavy (non-hydrogen) atoms. The zero-order chi connectivity index (χ0) is 19.2. The number of pyridine rings is 1. The van der Waals surface area contributed by atoms with Gasteiger partial charge in [0.2, 0.25) is 5.88 Å². The van der Waals surface area contributed by atoms with Crippen LogP contribution in [0.3, 0.4) is 0 Å². The first-order valence-electron chi connectivity index (χ1n) is 10.0. The van der Waals surface area contributed by atoms with Crippen LogP contribution in [0, 0.1) is 0 Å². The van der Waals surface area contributed by atoms with E-state index >= 15 is 0 Å². The molecule has 148 valence electrons. The Balaban J connectivity index is 1.26. The van der Waals surface area contributed by atoms with Gasteiger partial charge in [0.05, 0.1) is 0 Å². The van der Waals surface area contributed by atoms with Crippen molar-refractivity contribution in [1.29, 1.82) is 0 Å². The Labute approximate surface area is 170 Å². The molecule has 2 fully saturated rings. The van der Waals surface area contributed by atoms with Gasteiger partial charge < -0.3 is 10.1 Å². The first kappa shape index (κ1) is 19.3. The van der Waals surface area contributed by atoms with E-state index in [4.69, 9.17) is 4.74 Å². The van der Waals surface area contributed by atoms with E-state index in [0.29, 0.717) is 11.4 Å². The Kier molecular flexibility index (Phi) is 6.49. The molecule has 0 bridgehead atoms. The smallest absolute Gasteiger partial charge is 0.251 e. The molecule has 1 atom stereocenters. The zero-order valence-electron chi connectivity index (χ0n) is 16.0. The zero-order valence-corrected chi connectivity index (χ0v) is 16.9. The molecule has 6 heteroatoms. The molecule has 3 heterocycles. The Morgan fingerprint density at radius 1 is 1.18 bits per heavy atom. The molecule has 2 saturated heterocycles. The molecule has 0 radical (unpaired) electrons. The summed E-state index contributed by atoms with van der Waals surface area (Å²) >= 11 is 1.90. The normalized spacial score (nSPS) is 20.8. The van der Waals surface area contributed by atoms with Gasteiger partial charge >= 0.3 is 0 Å². The van der Waals surface area contributed by atoms with Crippen molar-refractivity contribution in [3.63, 3.8) is 0 Å². The summed E-state index contributed by atoms with van der Waals surface area (Å²) in [5.41, 5.74) is 1.97. The van der Waals surface area contributed by atoms with Crippen LogP contribution in [-0.2, 0) is 6.54 Å². The summed E-state index contributed by atoms with van der Waals surface area (Å²) in [6.07, 6.45) is 4.88. The number of carbonyl (C=O) groups is 1. The number of nitrogens with zero attached hydrogens (tertiary/aromatic N) is 2. The topological polar surface area (TPSA) is 54.5 Å². The van der Waals surface area contributed by atoms with Gasteiger partial charge in [-0.3, -0.25) is 9.69 Å². The second kappa shape index (κ2) is 9.43. The number of aromatic nitrogens is 1. The van der Waals surface area contributed by atoms with Gasteiger partial charge in [-0.25, -0.2) is 4.98 Å². The third-order valence-corrected chi connectivity index (χ3v) is 6.48. The lowest BCUT2D eigenvalue weighted by atomic mass is 10.0. The molecule has 4 rings (SSSR count). The Morgan fingerprint density at radius 2 is 2.00 bits per heavy atom. The van der Waals surface area contributed by atoms with Crippen molar-refractivity contribution in [3.05, 3.63) is 59.8 Å². The molecule has 0 saturated carbocycles. The Bertz CT molecular complexity index is 772. The van der Waals surface area contributed by atoms with Crippen molar-refractivity contribution in [1.82, 2.24) is 15.2 Å². The van der Waals surface area contributed by atoms with Crippen molar-refractivity contribution in [3.8, 4) is 5.88 Å². The van der Waals surface area contributed by atoms with Crippen molar-refractivity contribution in [2.75, 3.05) is 24.6 Å². The van der Waals surface area contributed by atoms with E-state index in [-0.39, 0.29) is 18.1 Å². The second-order valence-corrected chi connectivity index (χ2v) is 8.65. The molecule has 2 aromatic rings. The SMILES string of the molecule is O=C(NC1CCN(Cc2ccccc2)CC1)c1ccnc(O[C@@H]2CCSC2)c1. The summed E-state index contributed by atoms with van der Waals surface area (Å²) in [4.78, 5) is 19.4. The molecule has 0 unspecified atom stereocenters. The highest BCUT2D eigenvalue weighted by Crippen LogP contribution is 2.22. The minimum Gasteiger partial charge on any atom is -0.473 e. The van der Waals surface area contributed by atoms with Crippen LogP contribution < -0.4 is 10.1 Å². The predicted molar refractivity (Wildman–Crippen MR) is 113 cm³/mol. The van der Waals surface area contributed by atoms with Crippen LogP contribution in [0.2, 0.25) is 0 Å². The Morgan fingerprint density at radius 3 is 2.75 bits per heavy atom. The number of benzene rings is 1. The average Bonchev–Trinajstić information content (AvgIpc) is 3.23. The first-order chi connectivity index (χ1) is 13.8. The number of ether oxygens (including phenoxy) is 1. The maximum atomic E-state index is 12.7. The van der Waals surface area contributed by atoms with Crippen LogP contribution in [0.15, 0.2) is 48.7 Å². The van der Waals surface area contributed by atoms with Gasteiger partial charge in [0.15, 0.2) is 0 Å². The maximum Gasteiger partial charge on any atom is 0.251 e. The Hall–Kier alpha value is -2.05. The minimum absolute atomic E-state index is 0.0328. The number of hydrogen-bond donors (Lipinski definition) is 1. The van der Waals surface area contributed by atoms with Crippen molar-refractivity contribution in [2.24, 2.45) is 0 Å². The number of carbonyl (C=O) groups excluding carboxylic acids is 1. The molecule has 0 spiro atoms. The molecule has 1 amide bonds. The lowest BCUT2D eigenvalue weighted by molar-refractivity contribution is 0.0908. The highest BCUT2D eigenvalue weighted by atomic mass is 32.2. The summed E-state index contributed by atoms with van der Waals surface area (Å²) in [5.74, 6) is 2.65. The van der Waals surface area contributed by atoms with Crippen LogP contribution in [0.5, 0.6) is 5.88 Å². The lowest BCUT2D eigenvalue weighted by Gasteiger charge is -2.32. The quantitative estimate of drug-likeness (QED) is 0.810. The van der Waals surface area contributed by atoms with E-state index in [2.05, 4.69) is 39.5 Å². The number of amides is 1. The number of rotatable bonds is 6. The van der Waals surface area contributed by atoms with E-state index in [1.165, 1.54) is 5.56 Å². The van der Waals surface area contributed by atoms with Crippen LogP contribution >= 0.6 is 11.8 Å². The van der Waals surface area contributed by atoms with E-state index < -0.39 is 0 Å². The van der Waals surface area contributed by atoms with Crippen LogP contribution in [-0.4, -0.2) is 52.5 Å². The number of likely N-dealkylation sites (tertiary alicyclic amines) is 1. The summed E-state index contributed by atoms with van der Waals surface area (Å²) in [7, 11) is 0. The summed E-state index contributed by atoms with van der Waals surface area (Å²) in [5, 5.41) is 3.19. The predicted octanol–water partition coefficient (Wildman–Crippen LogP) is 3.36. The number of thioether (sulfide) groups is 1. The molecular formula is C22H27N3O2S. The number of hydrogen-bond acceptors (Lipinski definition) is 5. The van der Waals surface area contributed by atoms with Crippen LogP contribution in [0.1, 0.15) is 35.2 Å². The number of nitrogens with one attached hydrogen (secondary N) is 1. The monoisotopic (exact) mass is 397 g/mol. The second-order valence-electron chi connectivity index (χ2n) is 7.50. The molecule has 1 aromatic heterocycles. The minimum atomic E-state index is -0.0328. The van der Waals surface area contributed by atoms with Crippen molar-refractivity contribution in [2.45, 2.75) is 38.0 Å². The molecular weight excluding hydrogens is 370 g/mol. The molecule has 2 aliphatic rings. The average molecular weight is 398 g/mol. The fourth-order valence-corrected chi connectivity index (χ4v) is 4.83. The largest absolute Gasteiger partial charge is 0.473 e. The lowest BCUT2D eigenvalue weighted by Crippen LogP contribution is -2.44. The fraction of sp³-hybridized carbons (Fsp3) is 0.455. The van der Waals surface area contributed by atoms with Crippen LogP contribution in [0.25, 0.3) is 0 Å². The van der Waals surface area contributed by atoms with Gasteiger partial charge in [-0.2, -0.15) is 11.8 Å². The first-order valence-corrected chi connectivity index (χ1v) is 11.2. The van der Waals surface area contributed by atoms with Gasteiger partial charge in [-0.15, -0.1) is 0 Å². The van der Waals surface area contributed by atoms with E-state index in [9.17, 15) is 4.79 Å². The highest BCUT2D eigenvalue weighted by molar-refractivity contribution is 7.99. The van der Waals surface area contributed by atoms with Gasteiger partial charge in [-0.05, 0) is 36.6 Å². The van der Waals surface area contributed by atoms with Gasteiger partial charge in [-0.1, -0.05) is 30.3 Å². The maximum absolute atomic E-state index is 12.7. The molecule has 1 N–H and O–H groups in total. The summed E-state index contributed by atoms with van der Waals surface area (Å²) in [6.45, 7) is 2.99. The van der Waals surface area contributed by atoms with Crippen molar-refractivity contribution < 1.29 is 9.53 Å². The van der Waals surface area contributed by atoms with Gasteiger partial charge in [0.1, 0.15) is 6.10 Å². The molecule has 2 aliphatic heterocycles. The molecule has 1 aromatic carbocycles. The van der Waals surface area contributed by atoms with Gasteiger partial charge in [0.25, 0.3) is 5.91 Å². The third kappa shape index (κ3) is 5.26. The summed E-state index contributed by atoms with van der Waals surface area (Å²) in [6, 6.07) is 14.3. The van der Waals surface area contributed by atoms with Gasteiger partial charge in [0, 0.05) is 49.3 Å². The fourth-order valence-electron chi connectivity index (χ4n) is 3.74. The van der Waals surface area contributed by atoms with Crippen LogP contribution in [0.4, 0.5) is 0 Å². The molecule has 0 aliphatic carbocycles. The number of piperidine rings is 1. The van der Waals surface area contributed by atoms with E-state index in [1.54, 1.807) is 18.3 Å². The summed E-state index contributed by atoms with van der Waals surface area (Å²) < 4.78 is 5.91. The van der Waals surface area contributed by atoms with E-state index in [0.717, 1.165) is 50.4 Å². The van der Waals surface area contributed by atoms with E-state index in [1.807, 2.05) is 17.8 Å².